The Labute approximate surface area is 152 Å². The van der Waals surface area contributed by atoms with Crippen LogP contribution in [0.15, 0.2) is 36.2 Å². The molecule has 1 aliphatic heterocycles. The van der Waals surface area contributed by atoms with E-state index in [1.807, 2.05) is 43.8 Å². The molecular weight excluding hydrogens is 314 g/mol. The van der Waals surface area contributed by atoms with E-state index in [-0.39, 0.29) is 17.6 Å². The van der Waals surface area contributed by atoms with Crippen LogP contribution in [0.1, 0.15) is 33.6 Å². The Morgan fingerprint density at radius 3 is 2.36 bits per heavy atom. The number of piperazine rings is 1. The van der Waals surface area contributed by atoms with Gasteiger partial charge in [-0.2, -0.15) is 0 Å². The number of carbonyl (C=O) groups excluding carboxylic acids is 2. The van der Waals surface area contributed by atoms with Crippen LogP contribution >= 0.6 is 0 Å². The molecule has 0 saturated carbocycles. The molecule has 1 heterocycles. The first-order valence-corrected chi connectivity index (χ1v) is 9.24. The van der Waals surface area contributed by atoms with Crippen molar-refractivity contribution in [1.82, 2.24) is 14.7 Å². The molecule has 140 valence electrons. The average Bonchev–Trinajstić information content (AvgIpc) is 2.87. The topological polar surface area (TPSA) is 43.9 Å². The average molecular weight is 348 g/mol. The molecule has 5 heteroatoms. The Morgan fingerprint density at radius 1 is 1.16 bits per heavy atom. The van der Waals surface area contributed by atoms with Crippen molar-refractivity contribution in [2.45, 2.75) is 33.6 Å². The number of carbonyl (C=O) groups is 2. The van der Waals surface area contributed by atoms with Gasteiger partial charge in [0.05, 0.1) is 0 Å². The van der Waals surface area contributed by atoms with Gasteiger partial charge in [0.1, 0.15) is 0 Å². The summed E-state index contributed by atoms with van der Waals surface area (Å²) >= 11 is 0. The molecule has 1 unspecified atom stereocenters. The number of amides is 1. The summed E-state index contributed by atoms with van der Waals surface area (Å²) in [6.45, 7) is 8.88. The smallest absolute Gasteiger partial charge is 0.219 e. The van der Waals surface area contributed by atoms with E-state index in [1.54, 1.807) is 19.2 Å². The van der Waals surface area contributed by atoms with E-state index in [0.717, 1.165) is 39.0 Å². The highest BCUT2D eigenvalue weighted by atomic mass is 16.2. The van der Waals surface area contributed by atoms with Crippen molar-refractivity contribution in [2.24, 2.45) is 5.92 Å². The number of hydrogen-bond donors (Lipinski definition) is 0. The minimum Gasteiger partial charge on any atom is -0.383 e. The summed E-state index contributed by atoms with van der Waals surface area (Å²) in [5.74, 6) is 0.262. The van der Waals surface area contributed by atoms with Gasteiger partial charge >= 0.3 is 0 Å². The van der Waals surface area contributed by atoms with Gasteiger partial charge in [0, 0.05) is 65.0 Å². The van der Waals surface area contributed by atoms with Crippen LogP contribution in [0.3, 0.4) is 0 Å². The molecule has 0 radical (unpaired) electrons. The molecule has 0 bridgehead atoms. The quantitative estimate of drug-likeness (QED) is 0.734. The highest BCUT2D eigenvalue weighted by Gasteiger charge is 2.21. The normalized spacial score (nSPS) is 20.5. The van der Waals surface area contributed by atoms with Crippen LogP contribution in [-0.4, -0.2) is 66.7 Å². The van der Waals surface area contributed by atoms with Crippen molar-refractivity contribution < 1.29 is 9.59 Å². The zero-order chi connectivity index (χ0) is 18.8. The minimum atomic E-state index is -0.0431. The second-order valence-corrected chi connectivity index (χ2v) is 6.35. The van der Waals surface area contributed by atoms with E-state index in [2.05, 4.69) is 17.1 Å². The molecule has 1 amide bonds. The number of rotatable bonds is 4. The fourth-order valence-electron chi connectivity index (χ4n) is 2.89. The van der Waals surface area contributed by atoms with Crippen LogP contribution in [-0.2, 0) is 9.59 Å². The fourth-order valence-corrected chi connectivity index (χ4v) is 2.89. The lowest BCUT2D eigenvalue weighted by atomic mass is 9.99. The van der Waals surface area contributed by atoms with Gasteiger partial charge in [0.2, 0.25) is 5.91 Å². The molecule has 0 aromatic heterocycles. The highest BCUT2D eigenvalue weighted by molar-refractivity contribution is 5.93. The zero-order valence-corrected chi connectivity index (χ0v) is 16.4. The van der Waals surface area contributed by atoms with Gasteiger partial charge in [-0.05, 0) is 25.0 Å². The van der Waals surface area contributed by atoms with Gasteiger partial charge in [0.15, 0.2) is 5.78 Å². The number of allylic oxidation sites excluding steroid dienone is 4. The molecule has 25 heavy (non-hydrogen) atoms. The maximum Gasteiger partial charge on any atom is 0.219 e. The van der Waals surface area contributed by atoms with E-state index in [4.69, 9.17) is 0 Å². The summed E-state index contributed by atoms with van der Waals surface area (Å²) < 4.78 is 0. The second-order valence-electron chi connectivity index (χ2n) is 6.35. The van der Waals surface area contributed by atoms with E-state index < -0.39 is 0 Å². The Balaban J connectivity index is 0.00000151. The van der Waals surface area contributed by atoms with Crippen LogP contribution in [0.25, 0.3) is 0 Å². The molecule has 0 N–H and O–H groups in total. The molecule has 0 spiro atoms. The van der Waals surface area contributed by atoms with Gasteiger partial charge in [0.25, 0.3) is 0 Å². The third kappa shape index (κ3) is 6.77. The standard InChI is InChI=1S/C18H27N3O2.C2H6/c1-15(22)20-11-13-21(14-12-20)17-6-4-5-16(7-8-17)18(23)9-10-19(2)3;1-2/h6-10,16H,4-5,11-14H2,1-3H3;1-2H3/b10-9+;. The number of nitrogens with zero attached hydrogens (tertiary/aromatic N) is 3. The van der Waals surface area contributed by atoms with Crippen LogP contribution in [0.4, 0.5) is 0 Å². The summed E-state index contributed by atoms with van der Waals surface area (Å²) in [5.41, 5.74) is 1.18. The molecule has 1 saturated heterocycles. The van der Waals surface area contributed by atoms with Crippen LogP contribution in [0.5, 0.6) is 0 Å². The Morgan fingerprint density at radius 2 is 1.80 bits per heavy atom. The number of hydrogen-bond acceptors (Lipinski definition) is 4. The largest absolute Gasteiger partial charge is 0.383 e. The van der Waals surface area contributed by atoms with E-state index >= 15 is 0 Å². The van der Waals surface area contributed by atoms with Gasteiger partial charge < -0.3 is 14.7 Å². The van der Waals surface area contributed by atoms with Crippen LogP contribution < -0.4 is 0 Å². The summed E-state index contributed by atoms with van der Waals surface area (Å²) in [4.78, 5) is 29.7. The first kappa shape index (κ1) is 21.0. The van der Waals surface area contributed by atoms with E-state index in [0.29, 0.717) is 0 Å². The van der Waals surface area contributed by atoms with Crippen LogP contribution in [0, 0.1) is 5.92 Å². The summed E-state index contributed by atoms with van der Waals surface area (Å²) in [6.07, 6.45) is 11.5. The Bertz CT molecular complexity index is 527. The Hall–Kier alpha value is -2.04. The lowest BCUT2D eigenvalue weighted by Crippen LogP contribution is -2.47. The van der Waals surface area contributed by atoms with Gasteiger partial charge in [-0.25, -0.2) is 0 Å². The summed E-state index contributed by atoms with van der Waals surface area (Å²) in [5, 5.41) is 0. The summed E-state index contributed by atoms with van der Waals surface area (Å²) in [7, 11) is 3.82. The van der Waals surface area contributed by atoms with Gasteiger partial charge in [-0.3, -0.25) is 9.59 Å². The first-order chi connectivity index (χ1) is 12.0. The van der Waals surface area contributed by atoms with Crippen molar-refractivity contribution in [3.05, 3.63) is 36.2 Å². The first-order valence-electron chi connectivity index (χ1n) is 9.24. The Kier molecular flexibility index (Phi) is 9.03. The van der Waals surface area contributed by atoms with Crippen molar-refractivity contribution in [3.63, 3.8) is 0 Å². The van der Waals surface area contributed by atoms with E-state index in [1.165, 1.54) is 5.70 Å². The minimum absolute atomic E-state index is 0.0431. The molecule has 0 aromatic rings. The van der Waals surface area contributed by atoms with Crippen molar-refractivity contribution in [1.29, 1.82) is 0 Å². The van der Waals surface area contributed by atoms with Crippen molar-refractivity contribution in [3.8, 4) is 0 Å². The molecular formula is C20H33N3O2. The van der Waals surface area contributed by atoms with Gasteiger partial charge in [-0.15, -0.1) is 0 Å². The molecule has 1 fully saturated rings. The monoisotopic (exact) mass is 347 g/mol. The third-order valence-corrected chi connectivity index (χ3v) is 4.32. The van der Waals surface area contributed by atoms with Crippen molar-refractivity contribution in [2.75, 3.05) is 40.3 Å². The maximum atomic E-state index is 12.2. The number of ketones is 1. The lowest BCUT2D eigenvalue weighted by Gasteiger charge is -2.36. The second kappa shape index (κ2) is 10.7. The molecule has 5 nitrogen and oxygen atoms in total. The van der Waals surface area contributed by atoms with Crippen LogP contribution in [0.2, 0.25) is 0 Å². The molecule has 0 aromatic carbocycles. The predicted octanol–water partition coefficient (Wildman–Crippen LogP) is 2.67. The van der Waals surface area contributed by atoms with E-state index in [9.17, 15) is 9.59 Å². The molecule has 2 aliphatic rings. The molecule has 1 aliphatic carbocycles. The molecule has 2 rings (SSSR count). The lowest BCUT2D eigenvalue weighted by molar-refractivity contribution is -0.130. The SMILES string of the molecule is CC.CC(=O)N1CCN(C2=CCCC(C(=O)/C=C/N(C)C)C=C2)CC1. The maximum absolute atomic E-state index is 12.2. The zero-order valence-electron chi connectivity index (χ0n) is 16.4. The molecule has 1 atom stereocenters. The fraction of sp³-hybridized carbons (Fsp3) is 0.600. The third-order valence-electron chi connectivity index (χ3n) is 4.32. The van der Waals surface area contributed by atoms with Gasteiger partial charge in [-0.1, -0.05) is 26.0 Å². The highest BCUT2D eigenvalue weighted by Crippen LogP contribution is 2.21. The predicted molar refractivity (Wildman–Crippen MR) is 103 cm³/mol. The van der Waals surface area contributed by atoms with Crippen molar-refractivity contribution >= 4 is 11.7 Å². The summed E-state index contributed by atoms with van der Waals surface area (Å²) in [6, 6.07) is 0.